The minimum atomic E-state index is -2.94. The molecule has 6 nitrogen and oxygen atoms in total. The van der Waals surface area contributed by atoms with Crippen LogP contribution in [0.1, 0.15) is 12.7 Å². The van der Waals surface area contributed by atoms with Crippen LogP contribution in [0.25, 0.3) is 0 Å². The maximum absolute atomic E-state index is 10.9. The molecule has 0 aliphatic heterocycles. The Morgan fingerprint density at radius 1 is 1.64 bits per heavy atom. The quantitative estimate of drug-likeness (QED) is 0.724. The Morgan fingerprint density at radius 2 is 2.36 bits per heavy atom. The van der Waals surface area contributed by atoms with Gasteiger partial charge in [0.25, 0.3) is 0 Å². The molecule has 0 amide bonds. The maximum Gasteiger partial charge on any atom is 0.213 e. The molecule has 7 heteroatoms. The first kappa shape index (κ1) is 11.1. The zero-order chi connectivity index (χ0) is 10.6. The van der Waals surface area contributed by atoms with Gasteiger partial charge in [0.1, 0.15) is 9.84 Å². The number of aromatic nitrogens is 2. The van der Waals surface area contributed by atoms with Crippen molar-refractivity contribution in [3.05, 3.63) is 12.2 Å². The number of rotatable bonds is 5. The average molecular weight is 219 g/mol. The molecule has 1 aromatic heterocycles. The van der Waals surface area contributed by atoms with Gasteiger partial charge in [-0.3, -0.25) is 0 Å². The summed E-state index contributed by atoms with van der Waals surface area (Å²) in [4.78, 5) is 3.79. The van der Waals surface area contributed by atoms with Crippen LogP contribution < -0.4 is 5.32 Å². The minimum absolute atomic E-state index is 0.102. The van der Waals surface area contributed by atoms with Gasteiger partial charge in [-0.05, 0) is 6.92 Å². The molecule has 0 aliphatic rings. The van der Waals surface area contributed by atoms with Crippen molar-refractivity contribution in [2.75, 3.05) is 12.0 Å². The average Bonchev–Trinajstić information content (AvgIpc) is 2.49. The van der Waals surface area contributed by atoms with Crippen LogP contribution in [-0.4, -0.2) is 36.6 Å². The highest BCUT2D eigenvalue weighted by molar-refractivity contribution is 7.90. The van der Waals surface area contributed by atoms with Crippen LogP contribution in [0, 0.1) is 0 Å². The highest BCUT2D eigenvalue weighted by Gasteiger charge is 2.10. The normalized spacial score (nSPS) is 14.1. The second-order valence-electron chi connectivity index (χ2n) is 3.22. The topological polar surface area (TPSA) is 85.1 Å². The first-order valence-electron chi connectivity index (χ1n) is 4.14. The molecule has 1 unspecified atom stereocenters. The van der Waals surface area contributed by atoms with Crippen LogP contribution in [0.4, 0.5) is 0 Å². The summed E-state index contributed by atoms with van der Waals surface area (Å²) < 4.78 is 26.4. The van der Waals surface area contributed by atoms with E-state index < -0.39 is 9.84 Å². The lowest BCUT2D eigenvalue weighted by Gasteiger charge is -2.10. The minimum Gasteiger partial charge on any atom is -0.343 e. The molecule has 1 rings (SSSR count). The molecule has 0 saturated carbocycles. The van der Waals surface area contributed by atoms with Crippen molar-refractivity contribution in [3.8, 4) is 0 Å². The van der Waals surface area contributed by atoms with Crippen molar-refractivity contribution in [2.24, 2.45) is 0 Å². The SMILES string of the molecule is CC(CS(C)(=O)=O)NCc1ncon1. The van der Waals surface area contributed by atoms with E-state index in [1.165, 1.54) is 12.6 Å². The van der Waals surface area contributed by atoms with Gasteiger partial charge in [-0.1, -0.05) is 5.16 Å². The summed E-state index contributed by atoms with van der Waals surface area (Å²) in [7, 11) is -2.94. The molecule has 1 aromatic rings. The van der Waals surface area contributed by atoms with Gasteiger partial charge < -0.3 is 9.84 Å². The van der Waals surface area contributed by atoms with Gasteiger partial charge in [-0.15, -0.1) is 0 Å². The summed E-state index contributed by atoms with van der Waals surface area (Å²) in [5, 5.41) is 6.56. The summed E-state index contributed by atoms with van der Waals surface area (Å²) in [6.07, 6.45) is 2.44. The number of sulfone groups is 1. The van der Waals surface area contributed by atoms with E-state index in [1.807, 2.05) is 0 Å². The molecule has 14 heavy (non-hydrogen) atoms. The van der Waals surface area contributed by atoms with Crippen LogP contribution in [0.3, 0.4) is 0 Å². The number of nitrogens with zero attached hydrogens (tertiary/aromatic N) is 2. The first-order chi connectivity index (χ1) is 6.47. The summed E-state index contributed by atoms with van der Waals surface area (Å²) in [6.45, 7) is 2.20. The maximum atomic E-state index is 10.9. The van der Waals surface area contributed by atoms with Gasteiger partial charge in [0.2, 0.25) is 6.39 Å². The largest absolute Gasteiger partial charge is 0.343 e. The van der Waals surface area contributed by atoms with E-state index in [1.54, 1.807) is 6.92 Å². The second kappa shape index (κ2) is 4.52. The molecule has 0 saturated heterocycles. The zero-order valence-corrected chi connectivity index (χ0v) is 8.91. The van der Waals surface area contributed by atoms with Crippen molar-refractivity contribution in [1.29, 1.82) is 0 Å². The molecule has 0 bridgehead atoms. The lowest BCUT2D eigenvalue weighted by Crippen LogP contribution is -2.32. The highest BCUT2D eigenvalue weighted by Crippen LogP contribution is 1.93. The van der Waals surface area contributed by atoms with Gasteiger partial charge in [0.15, 0.2) is 5.82 Å². The number of nitrogens with one attached hydrogen (secondary N) is 1. The molecular formula is C7H13N3O3S. The van der Waals surface area contributed by atoms with Crippen LogP contribution in [-0.2, 0) is 16.4 Å². The van der Waals surface area contributed by atoms with Crippen molar-refractivity contribution >= 4 is 9.84 Å². The predicted molar refractivity (Wildman–Crippen MR) is 50.3 cm³/mol. The van der Waals surface area contributed by atoms with Crippen molar-refractivity contribution in [1.82, 2.24) is 15.5 Å². The molecular weight excluding hydrogens is 206 g/mol. The third-order valence-electron chi connectivity index (χ3n) is 1.57. The Labute approximate surface area is 82.6 Å². The Kier molecular flexibility index (Phi) is 3.59. The molecule has 1 heterocycles. The van der Waals surface area contributed by atoms with Gasteiger partial charge >= 0.3 is 0 Å². The third-order valence-corrected chi connectivity index (χ3v) is 2.67. The van der Waals surface area contributed by atoms with Gasteiger partial charge in [0, 0.05) is 12.3 Å². The Bertz CT molecular complexity index is 360. The van der Waals surface area contributed by atoms with Crippen molar-refractivity contribution < 1.29 is 12.9 Å². The number of hydrogen-bond acceptors (Lipinski definition) is 6. The second-order valence-corrected chi connectivity index (χ2v) is 5.41. The van der Waals surface area contributed by atoms with E-state index in [0.29, 0.717) is 12.4 Å². The monoisotopic (exact) mass is 219 g/mol. The lowest BCUT2D eigenvalue weighted by molar-refractivity contribution is 0.405. The first-order valence-corrected chi connectivity index (χ1v) is 6.20. The van der Waals surface area contributed by atoms with Crippen molar-refractivity contribution in [3.63, 3.8) is 0 Å². The fraction of sp³-hybridized carbons (Fsp3) is 0.714. The summed E-state index contributed by atoms with van der Waals surface area (Å²) >= 11 is 0. The van der Waals surface area contributed by atoms with Crippen LogP contribution in [0.2, 0.25) is 0 Å². The smallest absolute Gasteiger partial charge is 0.213 e. The Balaban J connectivity index is 2.32. The predicted octanol–water partition coefficient (Wildman–Crippen LogP) is -0.408. The fourth-order valence-electron chi connectivity index (χ4n) is 1.05. The molecule has 0 radical (unpaired) electrons. The molecule has 0 aromatic carbocycles. The number of hydrogen-bond donors (Lipinski definition) is 1. The van der Waals surface area contributed by atoms with Crippen molar-refractivity contribution in [2.45, 2.75) is 19.5 Å². The fourth-order valence-corrected chi connectivity index (χ4v) is 2.07. The Morgan fingerprint density at radius 3 is 2.86 bits per heavy atom. The van der Waals surface area contributed by atoms with E-state index in [2.05, 4.69) is 20.0 Å². The van der Waals surface area contributed by atoms with Crippen LogP contribution >= 0.6 is 0 Å². The van der Waals surface area contributed by atoms with Crippen LogP contribution in [0.15, 0.2) is 10.9 Å². The van der Waals surface area contributed by atoms with E-state index in [-0.39, 0.29) is 11.8 Å². The van der Waals surface area contributed by atoms with Crippen LogP contribution in [0.5, 0.6) is 0 Å². The molecule has 0 fully saturated rings. The third kappa shape index (κ3) is 4.33. The Hall–Kier alpha value is -0.950. The van der Waals surface area contributed by atoms with Gasteiger partial charge in [-0.25, -0.2) is 8.42 Å². The summed E-state index contributed by atoms with van der Waals surface area (Å²) in [6, 6.07) is -0.122. The van der Waals surface area contributed by atoms with E-state index >= 15 is 0 Å². The molecule has 80 valence electrons. The zero-order valence-electron chi connectivity index (χ0n) is 8.10. The summed E-state index contributed by atoms with van der Waals surface area (Å²) in [5.74, 6) is 0.621. The van der Waals surface area contributed by atoms with E-state index in [0.717, 1.165) is 0 Å². The highest BCUT2D eigenvalue weighted by atomic mass is 32.2. The molecule has 0 spiro atoms. The summed E-state index contributed by atoms with van der Waals surface area (Å²) in [5.41, 5.74) is 0. The lowest BCUT2D eigenvalue weighted by atomic mass is 10.4. The standard InChI is InChI=1S/C7H13N3O3S/c1-6(4-14(2,11)12)8-3-7-9-5-13-10-7/h5-6,8H,3-4H2,1-2H3. The van der Waals surface area contributed by atoms with E-state index in [4.69, 9.17) is 0 Å². The molecule has 0 aliphatic carbocycles. The van der Waals surface area contributed by atoms with Gasteiger partial charge in [-0.2, -0.15) is 4.98 Å². The van der Waals surface area contributed by atoms with E-state index in [9.17, 15) is 8.42 Å². The molecule has 1 N–H and O–H groups in total. The molecule has 1 atom stereocenters. The van der Waals surface area contributed by atoms with Gasteiger partial charge in [0.05, 0.1) is 12.3 Å².